The molecule has 1 saturated heterocycles. The largest absolute Gasteiger partial charge is 0.465 e. The van der Waals surface area contributed by atoms with E-state index in [1.165, 1.54) is 30.6 Å². The van der Waals surface area contributed by atoms with Gasteiger partial charge < -0.3 is 14.7 Å². The van der Waals surface area contributed by atoms with Gasteiger partial charge in [0, 0.05) is 25.4 Å². The zero-order chi connectivity index (χ0) is 31.6. The molecule has 1 aliphatic heterocycles. The monoisotopic (exact) mass is 609 g/mol. The van der Waals surface area contributed by atoms with Gasteiger partial charge in [-0.25, -0.2) is 15.1 Å². The lowest BCUT2D eigenvalue weighted by molar-refractivity contribution is -0.156. The lowest BCUT2D eigenvalue weighted by atomic mass is 9.94. The third-order valence-corrected chi connectivity index (χ3v) is 7.89. The standard InChI is InChI=1S/C34H47N3O7/c1-2-3-4-5-6-7-8-15-20-29(23-31(38)35-44-26-28-18-13-10-14-19-28)32(39)36-21-22-37(34(41)42)30(24-36)33(40)43-25-27-16-11-9-12-17-27/h9-14,16-19,29-30H,2-8,15,20-26H2,1H3,(H,35,38)(H,41,42)/t29-,30+/m1/s1. The average molecular weight is 610 g/mol. The number of benzene rings is 2. The Morgan fingerprint density at radius 1 is 0.841 bits per heavy atom. The van der Waals surface area contributed by atoms with Crippen molar-refractivity contribution < 1.29 is 33.9 Å². The fraction of sp³-hybridized carbons (Fsp3) is 0.529. The lowest BCUT2D eigenvalue weighted by Gasteiger charge is -2.39. The second-order valence-corrected chi connectivity index (χ2v) is 11.3. The molecule has 3 amide bonds. The van der Waals surface area contributed by atoms with Crippen molar-refractivity contribution in [2.75, 3.05) is 19.6 Å². The van der Waals surface area contributed by atoms with Gasteiger partial charge >= 0.3 is 12.1 Å². The molecule has 0 unspecified atom stereocenters. The highest BCUT2D eigenvalue weighted by atomic mass is 16.6. The molecule has 2 aromatic carbocycles. The number of carboxylic acid groups (broad SMARTS) is 1. The molecule has 2 aromatic rings. The van der Waals surface area contributed by atoms with Gasteiger partial charge in [-0.05, 0) is 17.5 Å². The summed E-state index contributed by atoms with van der Waals surface area (Å²) in [5.41, 5.74) is 4.14. The maximum absolute atomic E-state index is 13.8. The van der Waals surface area contributed by atoms with E-state index in [-0.39, 0.29) is 45.2 Å². The molecule has 0 aromatic heterocycles. The summed E-state index contributed by atoms with van der Waals surface area (Å²) < 4.78 is 5.45. The Bertz CT molecular complexity index is 1160. The number of hydrogen-bond acceptors (Lipinski definition) is 6. The van der Waals surface area contributed by atoms with Crippen LogP contribution in [-0.2, 0) is 37.2 Å². The van der Waals surface area contributed by atoms with Crippen LogP contribution in [0, 0.1) is 5.92 Å². The number of nitrogens with zero attached hydrogens (tertiary/aromatic N) is 2. The van der Waals surface area contributed by atoms with Crippen molar-refractivity contribution in [1.29, 1.82) is 0 Å². The fourth-order valence-electron chi connectivity index (χ4n) is 5.37. The summed E-state index contributed by atoms with van der Waals surface area (Å²) in [5, 5.41) is 9.74. The van der Waals surface area contributed by atoms with Crippen molar-refractivity contribution in [2.24, 2.45) is 5.92 Å². The summed E-state index contributed by atoms with van der Waals surface area (Å²) in [4.78, 5) is 59.5. The van der Waals surface area contributed by atoms with Crippen molar-refractivity contribution in [2.45, 2.75) is 90.4 Å². The second-order valence-electron chi connectivity index (χ2n) is 11.3. The summed E-state index contributed by atoms with van der Waals surface area (Å²) in [6, 6.07) is 17.4. The minimum atomic E-state index is -1.25. The van der Waals surface area contributed by atoms with Crippen LogP contribution in [0.1, 0.15) is 82.3 Å². The number of ether oxygens (including phenoxy) is 1. The third kappa shape index (κ3) is 12.0. The van der Waals surface area contributed by atoms with Gasteiger partial charge in [0.15, 0.2) is 6.04 Å². The SMILES string of the molecule is CCCCCCCCCC[C@H](CC(=O)NOCc1ccccc1)C(=O)N1CCN(C(=O)O)[C@H](C(=O)OCc2ccccc2)C1. The average Bonchev–Trinajstić information content (AvgIpc) is 3.04. The van der Waals surface area contributed by atoms with Crippen molar-refractivity contribution in [3.05, 3.63) is 71.8 Å². The van der Waals surface area contributed by atoms with Gasteiger partial charge in [-0.15, -0.1) is 0 Å². The number of esters is 1. The molecule has 2 N–H and O–H groups in total. The molecule has 1 heterocycles. The Morgan fingerprint density at radius 3 is 2.05 bits per heavy atom. The third-order valence-electron chi connectivity index (χ3n) is 7.89. The second kappa shape index (κ2) is 19.4. The lowest BCUT2D eigenvalue weighted by Crippen LogP contribution is -2.60. The van der Waals surface area contributed by atoms with Crippen LogP contribution in [0.15, 0.2) is 60.7 Å². The summed E-state index contributed by atoms with van der Waals surface area (Å²) in [5.74, 6) is -1.99. The van der Waals surface area contributed by atoms with Crippen LogP contribution in [0.2, 0.25) is 0 Å². The first-order valence-electron chi connectivity index (χ1n) is 15.8. The number of carbonyl (C=O) groups excluding carboxylic acids is 3. The van der Waals surface area contributed by atoms with E-state index in [9.17, 15) is 24.3 Å². The Morgan fingerprint density at radius 2 is 1.43 bits per heavy atom. The highest BCUT2D eigenvalue weighted by Gasteiger charge is 2.39. The molecule has 0 saturated carbocycles. The topological polar surface area (TPSA) is 125 Å². The smallest absolute Gasteiger partial charge is 0.408 e. The van der Waals surface area contributed by atoms with E-state index in [2.05, 4.69) is 12.4 Å². The van der Waals surface area contributed by atoms with Crippen LogP contribution in [-0.4, -0.2) is 64.5 Å². The van der Waals surface area contributed by atoms with Crippen LogP contribution >= 0.6 is 0 Å². The quantitative estimate of drug-likeness (QED) is 0.126. The molecule has 2 atom stereocenters. The maximum Gasteiger partial charge on any atom is 0.408 e. The Kier molecular flexibility index (Phi) is 15.2. The summed E-state index contributed by atoms with van der Waals surface area (Å²) in [6.07, 6.45) is 8.06. The molecule has 3 rings (SSSR count). The van der Waals surface area contributed by atoms with Gasteiger partial charge in [-0.3, -0.25) is 19.3 Å². The number of hydrogen-bond donors (Lipinski definition) is 2. The highest BCUT2D eigenvalue weighted by molar-refractivity contribution is 5.87. The Hall–Kier alpha value is -3.92. The van der Waals surface area contributed by atoms with E-state index >= 15 is 0 Å². The first-order chi connectivity index (χ1) is 21.4. The molecular formula is C34H47N3O7. The van der Waals surface area contributed by atoms with Crippen LogP contribution in [0.4, 0.5) is 4.79 Å². The van der Waals surface area contributed by atoms with E-state index in [1.807, 2.05) is 60.7 Å². The number of unbranched alkanes of at least 4 members (excludes halogenated alkanes) is 7. The molecule has 0 bridgehead atoms. The summed E-state index contributed by atoms with van der Waals surface area (Å²) in [7, 11) is 0. The van der Waals surface area contributed by atoms with Gasteiger partial charge in [0.2, 0.25) is 11.8 Å². The van der Waals surface area contributed by atoms with Gasteiger partial charge in [-0.1, -0.05) is 119 Å². The van der Waals surface area contributed by atoms with Crippen LogP contribution in [0.5, 0.6) is 0 Å². The zero-order valence-electron chi connectivity index (χ0n) is 25.8. The number of carbonyl (C=O) groups is 4. The summed E-state index contributed by atoms with van der Waals surface area (Å²) >= 11 is 0. The van der Waals surface area contributed by atoms with Crippen molar-refractivity contribution in [3.8, 4) is 0 Å². The van der Waals surface area contributed by atoms with Gasteiger partial charge in [0.25, 0.3) is 0 Å². The van der Waals surface area contributed by atoms with E-state index in [0.717, 1.165) is 41.7 Å². The van der Waals surface area contributed by atoms with Gasteiger partial charge in [0.1, 0.15) is 6.61 Å². The number of amides is 3. The summed E-state index contributed by atoms with van der Waals surface area (Å²) in [6.45, 7) is 2.38. The van der Waals surface area contributed by atoms with E-state index < -0.39 is 29.9 Å². The van der Waals surface area contributed by atoms with E-state index in [0.29, 0.717) is 6.42 Å². The highest BCUT2D eigenvalue weighted by Crippen LogP contribution is 2.22. The Labute approximate surface area is 260 Å². The number of hydroxylamine groups is 1. The number of rotatable bonds is 18. The molecule has 0 spiro atoms. The molecule has 0 radical (unpaired) electrons. The van der Waals surface area contributed by atoms with Crippen LogP contribution in [0.25, 0.3) is 0 Å². The number of piperazine rings is 1. The maximum atomic E-state index is 13.8. The molecule has 0 aliphatic carbocycles. The number of nitrogens with one attached hydrogen (secondary N) is 1. The molecule has 240 valence electrons. The first kappa shape index (κ1) is 34.6. The van der Waals surface area contributed by atoms with Crippen LogP contribution in [0.3, 0.4) is 0 Å². The van der Waals surface area contributed by atoms with Crippen molar-refractivity contribution in [3.63, 3.8) is 0 Å². The predicted octanol–water partition coefficient (Wildman–Crippen LogP) is 5.71. The predicted molar refractivity (Wildman–Crippen MR) is 166 cm³/mol. The molecule has 10 heteroatoms. The van der Waals surface area contributed by atoms with Crippen molar-refractivity contribution >= 4 is 23.9 Å². The van der Waals surface area contributed by atoms with Crippen molar-refractivity contribution in [1.82, 2.24) is 15.3 Å². The molecule has 10 nitrogen and oxygen atoms in total. The Balaban J connectivity index is 1.60. The van der Waals surface area contributed by atoms with Gasteiger partial charge in [0.05, 0.1) is 13.2 Å². The minimum Gasteiger partial charge on any atom is -0.465 e. The minimum absolute atomic E-state index is 0.00179. The van der Waals surface area contributed by atoms with Crippen LogP contribution < -0.4 is 5.48 Å². The molecule has 1 aliphatic rings. The molecule has 1 fully saturated rings. The first-order valence-corrected chi connectivity index (χ1v) is 15.8. The molecule has 44 heavy (non-hydrogen) atoms. The molecular weight excluding hydrogens is 562 g/mol. The zero-order valence-corrected chi connectivity index (χ0v) is 25.8. The normalized spacial score (nSPS) is 15.4. The van der Waals surface area contributed by atoms with Gasteiger partial charge in [-0.2, -0.15) is 0 Å². The fourth-order valence-corrected chi connectivity index (χ4v) is 5.37. The van der Waals surface area contributed by atoms with E-state index in [1.54, 1.807) is 0 Å². The van der Waals surface area contributed by atoms with E-state index in [4.69, 9.17) is 9.57 Å².